The molecule has 1 N–H and O–H groups in total. The van der Waals surface area contributed by atoms with Crippen LogP contribution >= 0.6 is 11.8 Å². The van der Waals surface area contributed by atoms with Crippen molar-refractivity contribution in [3.63, 3.8) is 0 Å². The van der Waals surface area contributed by atoms with E-state index in [4.69, 9.17) is 5.26 Å². The van der Waals surface area contributed by atoms with Crippen molar-refractivity contribution in [2.24, 2.45) is 0 Å². The van der Waals surface area contributed by atoms with Crippen LogP contribution in [0.4, 0.5) is 5.69 Å². The summed E-state index contributed by atoms with van der Waals surface area (Å²) in [5.41, 5.74) is 0.986. The van der Waals surface area contributed by atoms with E-state index in [1.807, 2.05) is 11.5 Å². The molecule has 112 valence electrons. The highest BCUT2D eigenvalue weighted by molar-refractivity contribution is 8.00. The van der Waals surface area contributed by atoms with Gasteiger partial charge in [0.1, 0.15) is 12.4 Å². The van der Waals surface area contributed by atoms with Crippen molar-refractivity contribution >= 4 is 23.4 Å². The predicted octanol–water partition coefficient (Wildman–Crippen LogP) is 2.60. The number of carbonyl (C=O) groups excluding carboxylic acids is 1. The fourth-order valence-electron chi connectivity index (χ4n) is 2.06. The SMILES string of the molecule is CC(Sc1nncn1C1CC1)C(=O)Nc1ccccc1C#N. The van der Waals surface area contributed by atoms with Crippen molar-refractivity contribution < 1.29 is 4.79 Å². The largest absolute Gasteiger partial charge is 0.324 e. The van der Waals surface area contributed by atoms with Gasteiger partial charge in [-0.25, -0.2) is 0 Å². The number of nitrogens with one attached hydrogen (secondary N) is 1. The van der Waals surface area contributed by atoms with Gasteiger partial charge in [-0.05, 0) is 31.9 Å². The molecule has 1 unspecified atom stereocenters. The highest BCUT2D eigenvalue weighted by Gasteiger charge is 2.28. The number of hydrogen-bond acceptors (Lipinski definition) is 5. The Labute approximate surface area is 132 Å². The van der Waals surface area contributed by atoms with Gasteiger partial charge in [0.05, 0.1) is 16.5 Å². The monoisotopic (exact) mass is 313 g/mol. The first-order valence-electron chi connectivity index (χ1n) is 7.05. The Hall–Kier alpha value is -2.33. The molecule has 7 heteroatoms. The summed E-state index contributed by atoms with van der Waals surface area (Å²) in [6, 6.07) is 9.51. The number of nitrogens with zero attached hydrogens (tertiary/aromatic N) is 4. The smallest absolute Gasteiger partial charge is 0.237 e. The normalized spacial score (nSPS) is 15.1. The first kappa shape index (κ1) is 14.6. The molecule has 2 aromatic rings. The molecular formula is C15H15N5OS. The molecule has 1 fully saturated rings. The minimum atomic E-state index is -0.326. The summed E-state index contributed by atoms with van der Waals surface area (Å²) in [6.07, 6.45) is 4.00. The van der Waals surface area contributed by atoms with Crippen LogP contribution in [-0.4, -0.2) is 25.9 Å². The zero-order chi connectivity index (χ0) is 15.5. The second-order valence-electron chi connectivity index (χ2n) is 5.16. The van der Waals surface area contributed by atoms with Gasteiger partial charge in [-0.2, -0.15) is 5.26 Å². The van der Waals surface area contributed by atoms with Crippen LogP contribution in [0.15, 0.2) is 35.7 Å². The van der Waals surface area contributed by atoms with Crippen LogP contribution in [-0.2, 0) is 4.79 Å². The van der Waals surface area contributed by atoms with Crippen molar-refractivity contribution in [2.75, 3.05) is 5.32 Å². The molecule has 22 heavy (non-hydrogen) atoms. The van der Waals surface area contributed by atoms with Crippen LogP contribution in [0.2, 0.25) is 0 Å². The molecule has 1 saturated carbocycles. The molecule has 6 nitrogen and oxygen atoms in total. The second kappa shape index (κ2) is 6.20. The fourth-order valence-corrected chi connectivity index (χ4v) is 2.95. The molecule has 1 aliphatic rings. The van der Waals surface area contributed by atoms with E-state index in [9.17, 15) is 4.79 Å². The summed E-state index contributed by atoms with van der Waals surface area (Å²) in [6.45, 7) is 1.82. The van der Waals surface area contributed by atoms with Gasteiger partial charge >= 0.3 is 0 Å². The third-order valence-corrected chi connectivity index (χ3v) is 4.51. The quantitative estimate of drug-likeness (QED) is 0.858. The van der Waals surface area contributed by atoms with E-state index in [1.165, 1.54) is 11.8 Å². The lowest BCUT2D eigenvalue weighted by Gasteiger charge is -2.12. The van der Waals surface area contributed by atoms with Gasteiger partial charge in [0.25, 0.3) is 0 Å². The maximum Gasteiger partial charge on any atom is 0.237 e. The Morgan fingerprint density at radius 2 is 2.27 bits per heavy atom. The first-order chi connectivity index (χ1) is 10.7. The Morgan fingerprint density at radius 1 is 1.50 bits per heavy atom. The van der Waals surface area contributed by atoms with E-state index in [0.717, 1.165) is 18.0 Å². The molecule has 0 radical (unpaired) electrons. The Bertz CT molecular complexity index is 732. The van der Waals surface area contributed by atoms with Crippen LogP contribution in [0, 0.1) is 11.3 Å². The van der Waals surface area contributed by atoms with Crippen LogP contribution in [0.5, 0.6) is 0 Å². The maximum absolute atomic E-state index is 12.3. The van der Waals surface area contributed by atoms with Gasteiger partial charge in [0.15, 0.2) is 5.16 Å². The lowest BCUT2D eigenvalue weighted by Crippen LogP contribution is -2.23. The summed E-state index contributed by atoms with van der Waals surface area (Å²) >= 11 is 1.38. The van der Waals surface area contributed by atoms with Crippen LogP contribution < -0.4 is 5.32 Å². The van der Waals surface area contributed by atoms with Crippen molar-refractivity contribution in [2.45, 2.75) is 36.2 Å². The summed E-state index contributed by atoms with van der Waals surface area (Å²) in [5.74, 6) is -0.155. The first-order valence-corrected chi connectivity index (χ1v) is 7.93. The summed E-state index contributed by atoms with van der Waals surface area (Å²) in [7, 11) is 0. The predicted molar refractivity (Wildman–Crippen MR) is 83.4 cm³/mol. The van der Waals surface area contributed by atoms with Gasteiger partial charge in [-0.15, -0.1) is 10.2 Å². The third-order valence-electron chi connectivity index (χ3n) is 3.44. The molecule has 1 atom stereocenters. The van der Waals surface area contributed by atoms with Gasteiger partial charge in [-0.3, -0.25) is 4.79 Å². The van der Waals surface area contributed by atoms with E-state index in [1.54, 1.807) is 30.6 Å². The lowest BCUT2D eigenvalue weighted by molar-refractivity contribution is -0.115. The Morgan fingerprint density at radius 3 is 3.00 bits per heavy atom. The molecule has 0 spiro atoms. The molecule has 0 bridgehead atoms. The number of thioether (sulfide) groups is 1. The van der Waals surface area contributed by atoms with Crippen molar-refractivity contribution in [1.82, 2.24) is 14.8 Å². The number of amides is 1. The van der Waals surface area contributed by atoms with Gasteiger partial charge < -0.3 is 9.88 Å². The van der Waals surface area contributed by atoms with E-state index in [0.29, 0.717) is 17.3 Å². The van der Waals surface area contributed by atoms with E-state index < -0.39 is 0 Å². The summed E-state index contributed by atoms with van der Waals surface area (Å²) in [4.78, 5) is 12.3. The number of benzene rings is 1. The third kappa shape index (κ3) is 3.12. The van der Waals surface area contributed by atoms with E-state index >= 15 is 0 Å². The molecule has 0 saturated heterocycles. The summed E-state index contributed by atoms with van der Waals surface area (Å²) in [5, 5.41) is 20.3. The molecule has 1 aromatic heterocycles. The molecule has 3 rings (SSSR count). The van der Waals surface area contributed by atoms with Crippen molar-refractivity contribution in [3.8, 4) is 6.07 Å². The van der Waals surface area contributed by atoms with Crippen molar-refractivity contribution in [3.05, 3.63) is 36.2 Å². The van der Waals surface area contributed by atoms with E-state index in [2.05, 4.69) is 21.6 Å². The summed E-state index contributed by atoms with van der Waals surface area (Å²) < 4.78 is 2.03. The van der Waals surface area contributed by atoms with E-state index in [-0.39, 0.29) is 11.2 Å². The number of nitriles is 1. The van der Waals surface area contributed by atoms with Gasteiger partial charge in [0.2, 0.25) is 5.91 Å². The Balaban J connectivity index is 1.67. The molecule has 0 aliphatic heterocycles. The van der Waals surface area contributed by atoms with Gasteiger partial charge in [0, 0.05) is 6.04 Å². The molecule has 1 amide bonds. The fraction of sp³-hybridized carbons (Fsp3) is 0.333. The zero-order valence-corrected chi connectivity index (χ0v) is 12.9. The average Bonchev–Trinajstić information content (AvgIpc) is 3.27. The number of para-hydroxylation sites is 1. The number of aromatic nitrogens is 3. The highest BCUT2D eigenvalue weighted by atomic mass is 32.2. The minimum absolute atomic E-state index is 0.155. The zero-order valence-electron chi connectivity index (χ0n) is 12.1. The van der Waals surface area contributed by atoms with Crippen LogP contribution in [0.3, 0.4) is 0 Å². The van der Waals surface area contributed by atoms with Crippen molar-refractivity contribution in [1.29, 1.82) is 5.26 Å². The average molecular weight is 313 g/mol. The standard InChI is InChI=1S/C15H15N5OS/c1-10(22-15-19-17-9-20(15)12-6-7-12)14(21)18-13-5-3-2-4-11(13)8-16/h2-5,9-10,12H,6-7H2,1H3,(H,18,21). The number of carbonyl (C=O) groups is 1. The highest BCUT2D eigenvalue weighted by Crippen LogP contribution is 2.38. The number of rotatable bonds is 5. The molecule has 1 aromatic carbocycles. The van der Waals surface area contributed by atoms with Crippen LogP contribution in [0.25, 0.3) is 0 Å². The lowest BCUT2D eigenvalue weighted by atomic mass is 10.2. The minimum Gasteiger partial charge on any atom is -0.324 e. The maximum atomic E-state index is 12.3. The molecular weight excluding hydrogens is 298 g/mol. The second-order valence-corrected chi connectivity index (χ2v) is 6.47. The topological polar surface area (TPSA) is 83.6 Å². The molecule has 1 aliphatic carbocycles. The number of hydrogen-bond donors (Lipinski definition) is 1. The van der Waals surface area contributed by atoms with Crippen LogP contribution in [0.1, 0.15) is 31.4 Å². The van der Waals surface area contributed by atoms with Gasteiger partial charge in [-0.1, -0.05) is 23.9 Å². The number of anilines is 1. The Kier molecular flexibility index (Phi) is 4.11. The molecule has 1 heterocycles.